The molecule has 1 aliphatic heterocycles. The zero-order valence-corrected chi connectivity index (χ0v) is 14.1. The van der Waals surface area contributed by atoms with E-state index >= 15 is 0 Å². The second-order valence-electron chi connectivity index (χ2n) is 7.10. The number of hydrogen-bond acceptors (Lipinski definition) is 1. The Bertz CT molecular complexity index is 806. The molecule has 0 amide bonds. The van der Waals surface area contributed by atoms with Crippen molar-refractivity contribution >= 4 is 11.4 Å². The van der Waals surface area contributed by atoms with Gasteiger partial charge in [0.2, 0.25) is 0 Å². The maximum Gasteiger partial charge on any atom is 0.0502 e. The maximum absolute atomic E-state index is 2.44. The van der Waals surface area contributed by atoms with Crippen molar-refractivity contribution in [2.24, 2.45) is 0 Å². The van der Waals surface area contributed by atoms with Crippen LogP contribution in [0.3, 0.4) is 0 Å². The van der Waals surface area contributed by atoms with Crippen LogP contribution in [0.1, 0.15) is 37.8 Å². The van der Waals surface area contributed by atoms with Gasteiger partial charge < -0.3 is 4.90 Å². The van der Waals surface area contributed by atoms with Crippen LogP contribution in [0, 0.1) is 6.92 Å². The lowest BCUT2D eigenvalue weighted by Crippen LogP contribution is -2.36. The number of benzene rings is 2. The molecular weight excluding hydrogens is 278 g/mol. The molecule has 0 aromatic heterocycles. The number of fused-ring (bicyclic) bond motifs is 2. The van der Waals surface area contributed by atoms with Crippen molar-refractivity contribution in [3.8, 4) is 0 Å². The minimum absolute atomic E-state index is 0.0596. The first-order valence-electron chi connectivity index (χ1n) is 8.46. The van der Waals surface area contributed by atoms with Crippen molar-refractivity contribution in [2.75, 3.05) is 4.90 Å². The van der Waals surface area contributed by atoms with E-state index in [0.29, 0.717) is 0 Å². The summed E-state index contributed by atoms with van der Waals surface area (Å²) in [6.45, 7) is 6.84. The molecule has 0 saturated carbocycles. The van der Waals surface area contributed by atoms with Crippen LogP contribution in [0.25, 0.3) is 0 Å². The van der Waals surface area contributed by atoms with Gasteiger partial charge in [0.05, 0.1) is 5.69 Å². The van der Waals surface area contributed by atoms with E-state index in [0.717, 1.165) is 12.8 Å². The average Bonchev–Trinajstić information content (AvgIpc) is 2.57. The molecule has 2 aromatic rings. The molecule has 1 aliphatic carbocycles. The Morgan fingerprint density at radius 1 is 0.870 bits per heavy atom. The van der Waals surface area contributed by atoms with Crippen LogP contribution in [0.5, 0.6) is 0 Å². The van der Waals surface area contributed by atoms with Crippen molar-refractivity contribution in [1.29, 1.82) is 0 Å². The fourth-order valence-electron chi connectivity index (χ4n) is 3.89. The fourth-order valence-corrected chi connectivity index (χ4v) is 3.89. The first kappa shape index (κ1) is 14.3. The summed E-state index contributed by atoms with van der Waals surface area (Å²) >= 11 is 0. The number of anilines is 2. The SMILES string of the molecule is Cc1ccc(N2C3=CCCC=C3C(C)(C)c3ccccc32)cc1. The third kappa shape index (κ3) is 2.15. The second-order valence-corrected chi connectivity index (χ2v) is 7.10. The molecule has 0 unspecified atom stereocenters. The van der Waals surface area contributed by atoms with Crippen LogP contribution in [-0.4, -0.2) is 0 Å². The van der Waals surface area contributed by atoms with Crippen molar-refractivity contribution in [1.82, 2.24) is 0 Å². The van der Waals surface area contributed by atoms with E-state index in [-0.39, 0.29) is 5.41 Å². The summed E-state index contributed by atoms with van der Waals surface area (Å²) in [6, 6.07) is 17.7. The van der Waals surface area contributed by atoms with E-state index < -0.39 is 0 Å². The summed E-state index contributed by atoms with van der Waals surface area (Å²) in [5, 5.41) is 0. The Labute approximate surface area is 139 Å². The quantitative estimate of drug-likeness (QED) is 0.621. The van der Waals surface area contributed by atoms with E-state index in [1.54, 1.807) is 0 Å². The monoisotopic (exact) mass is 301 g/mol. The number of para-hydroxylation sites is 1. The summed E-state index contributed by atoms with van der Waals surface area (Å²) in [5.74, 6) is 0. The van der Waals surface area contributed by atoms with Gasteiger partial charge in [-0.1, -0.05) is 61.9 Å². The predicted molar refractivity (Wildman–Crippen MR) is 98.2 cm³/mol. The Balaban J connectivity index is 1.98. The van der Waals surface area contributed by atoms with Crippen LogP contribution in [0.4, 0.5) is 11.4 Å². The maximum atomic E-state index is 2.44. The van der Waals surface area contributed by atoms with Crippen molar-refractivity contribution in [3.63, 3.8) is 0 Å². The predicted octanol–water partition coefficient (Wildman–Crippen LogP) is 6.03. The Morgan fingerprint density at radius 2 is 1.57 bits per heavy atom. The van der Waals surface area contributed by atoms with Crippen LogP contribution >= 0.6 is 0 Å². The molecule has 1 nitrogen and oxygen atoms in total. The highest BCUT2D eigenvalue weighted by Gasteiger charge is 2.39. The summed E-state index contributed by atoms with van der Waals surface area (Å²) in [4.78, 5) is 2.44. The number of nitrogens with zero attached hydrogens (tertiary/aromatic N) is 1. The van der Waals surface area contributed by atoms with Gasteiger partial charge in [0, 0.05) is 16.8 Å². The van der Waals surface area contributed by atoms with Crippen molar-refractivity contribution in [2.45, 2.75) is 39.0 Å². The molecule has 1 heteroatoms. The van der Waals surface area contributed by atoms with Gasteiger partial charge in [-0.3, -0.25) is 0 Å². The first-order valence-corrected chi connectivity index (χ1v) is 8.46. The normalized spacial score (nSPS) is 18.7. The van der Waals surface area contributed by atoms with Gasteiger partial charge in [0.1, 0.15) is 0 Å². The summed E-state index contributed by atoms with van der Waals surface area (Å²) < 4.78 is 0. The summed E-state index contributed by atoms with van der Waals surface area (Å²) in [7, 11) is 0. The molecular formula is C22H23N. The number of hydrogen-bond donors (Lipinski definition) is 0. The van der Waals surface area contributed by atoms with Gasteiger partial charge in [-0.25, -0.2) is 0 Å². The molecule has 2 aromatic carbocycles. The number of allylic oxidation sites excluding steroid dienone is 3. The lowest BCUT2D eigenvalue weighted by atomic mass is 9.70. The van der Waals surface area contributed by atoms with Gasteiger partial charge in [-0.15, -0.1) is 0 Å². The molecule has 0 fully saturated rings. The molecule has 2 aliphatic rings. The van der Waals surface area contributed by atoms with Gasteiger partial charge in [0.15, 0.2) is 0 Å². The number of aryl methyl sites for hydroxylation is 1. The molecule has 0 spiro atoms. The molecule has 4 rings (SSSR count). The lowest BCUT2D eigenvalue weighted by molar-refractivity contribution is 0.603. The fraction of sp³-hybridized carbons (Fsp3) is 0.273. The van der Waals surface area contributed by atoms with E-state index in [1.807, 2.05) is 0 Å². The molecule has 0 atom stereocenters. The van der Waals surface area contributed by atoms with Crippen LogP contribution in [-0.2, 0) is 5.41 Å². The Hall–Kier alpha value is -2.28. The number of rotatable bonds is 1. The molecule has 116 valence electrons. The Kier molecular flexibility index (Phi) is 3.19. The van der Waals surface area contributed by atoms with Crippen LogP contribution in [0.2, 0.25) is 0 Å². The third-order valence-corrected chi connectivity index (χ3v) is 5.15. The van der Waals surface area contributed by atoms with Crippen LogP contribution in [0.15, 0.2) is 72.0 Å². The average molecular weight is 301 g/mol. The molecule has 0 radical (unpaired) electrons. The van der Waals surface area contributed by atoms with E-state index in [1.165, 1.54) is 33.8 Å². The summed E-state index contributed by atoms with van der Waals surface area (Å²) in [5.41, 5.74) is 8.15. The zero-order chi connectivity index (χ0) is 16.0. The molecule has 0 N–H and O–H groups in total. The highest BCUT2D eigenvalue weighted by Crippen LogP contribution is 2.51. The van der Waals surface area contributed by atoms with Gasteiger partial charge in [-0.2, -0.15) is 0 Å². The minimum atomic E-state index is 0.0596. The van der Waals surface area contributed by atoms with E-state index in [9.17, 15) is 0 Å². The third-order valence-electron chi connectivity index (χ3n) is 5.15. The second kappa shape index (κ2) is 5.13. The first-order chi connectivity index (χ1) is 11.1. The minimum Gasteiger partial charge on any atom is -0.310 e. The van der Waals surface area contributed by atoms with Crippen LogP contribution < -0.4 is 4.90 Å². The standard InChI is InChI=1S/C22H23N/c1-16-12-14-17(15-13-16)23-20-10-6-4-8-18(20)22(2,3)19-9-5-7-11-21(19)23/h4,6,8-15H,5,7H2,1-3H3. The highest BCUT2D eigenvalue weighted by atomic mass is 15.2. The van der Waals surface area contributed by atoms with E-state index in [2.05, 4.69) is 86.4 Å². The van der Waals surface area contributed by atoms with Gasteiger partial charge >= 0.3 is 0 Å². The highest BCUT2D eigenvalue weighted by molar-refractivity contribution is 5.80. The smallest absolute Gasteiger partial charge is 0.0502 e. The topological polar surface area (TPSA) is 3.24 Å². The van der Waals surface area contributed by atoms with Gasteiger partial charge in [-0.05, 0) is 49.1 Å². The Morgan fingerprint density at radius 3 is 2.35 bits per heavy atom. The van der Waals surface area contributed by atoms with Crippen molar-refractivity contribution in [3.05, 3.63) is 83.1 Å². The van der Waals surface area contributed by atoms with Gasteiger partial charge in [0.25, 0.3) is 0 Å². The molecule has 1 heterocycles. The lowest BCUT2D eigenvalue weighted by Gasteiger charge is -2.45. The largest absolute Gasteiger partial charge is 0.310 e. The summed E-state index contributed by atoms with van der Waals surface area (Å²) in [6.07, 6.45) is 7.12. The molecule has 0 bridgehead atoms. The van der Waals surface area contributed by atoms with Crippen molar-refractivity contribution < 1.29 is 0 Å². The zero-order valence-electron chi connectivity index (χ0n) is 14.1. The molecule has 0 saturated heterocycles. The molecule has 23 heavy (non-hydrogen) atoms. The van der Waals surface area contributed by atoms with E-state index in [4.69, 9.17) is 0 Å².